The third kappa shape index (κ3) is 3.08. The fourth-order valence-corrected chi connectivity index (χ4v) is 4.59. The minimum atomic E-state index is 0.0710. The Morgan fingerprint density at radius 3 is 2.64 bits per heavy atom. The van der Waals surface area contributed by atoms with E-state index in [1.165, 1.54) is 16.3 Å². The number of hydrazone groups is 1. The van der Waals surface area contributed by atoms with Gasteiger partial charge in [0, 0.05) is 18.0 Å². The molecule has 1 aliphatic heterocycles. The zero-order chi connectivity index (χ0) is 19.1. The van der Waals surface area contributed by atoms with Gasteiger partial charge in [-0.25, -0.2) is 9.99 Å². The number of aromatic nitrogens is 1. The third-order valence-corrected chi connectivity index (χ3v) is 6.46. The van der Waals surface area contributed by atoms with Crippen LogP contribution in [0, 0.1) is 0 Å². The summed E-state index contributed by atoms with van der Waals surface area (Å²) in [4.78, 5) is 4.50. The fourth-order valence-electron chi connectivity index (χ4n) is 3.65. The topological polar surface area (TPSA) is 28.5 Å². The van der Waals surface area contributed by atoms with E-state index in [2.05, 4.69) is 47.4 Å². The number of hydrogen-bond acceptors (Lipinski definition) is 4. The van der Waals surface area contributed by atoms with E-state index >= 15 is 0 Å². The number of halogens is 2. The van der Waals surface area contributed by atoms with Gasteiger partial charge in [0.15, 0.2) is 0 Å². The van der Waals surface area contributed by atoms with Crippen LogP contribution >= 0.6 is 34.5 Å². The Labute approximate surface area is 176 Å². The molecule has 1 aliphatic rings. The maximum Gasteiger partial charge on any atom is 0.206 e. The van der Waals surface area contributed by atoms with Gasteiger partial charge in [-0.2, -0.15) is 5.10 Å². The maximum atomic E-state index is 6.25. The molecular formula is C22H15Cl2N3S. The van der Waals surface area contributed by atoms with Gasteiger partial charge in [-0.05, 0) is 34.0 Å². The van der Waals surface area contributed by atoms with Crippen LogP contribution in [-0.4, -0.2) is 10.7 Å². The number of thiazole rings is 1. The van der Waals surface area contributed by atoms with Gasteiger partial charge in [-0.3, -0.25) is 0 Å². The second-order valence-corrected chi connectivity index (χ2v) is 8.31. The van der Waals surface area contributed by atoms with E-state index in [9.17, 15) is 0 Å². The van der Waals surface area contributed by atoms with Crippen molar-refractivity contribution < 1.29 is 0 Å². The summed E-state index contributed by atoms with van der Waals surface area (Å²) >= 11 is 13.9. The van der Waals surface area contributed by atoms with Crippen LogP contribution in [0.2, 0.25) is 10.0 Å². The van der Waals surface area contributed by atoms with Gasteiger partial charge < -0.3 is 0 Å². The van der Waals surface area contributed by atoms with Crippen molar-refractivity contribution in [1.82, 2.24) is 4.98 Å². The van der Waals surface area contributed by atoms with E-state index in [1.807, 2.05) is 34.8 Å². The average molecular weight is 424 g/mol. The molecule has 1 aromatic heterocycles. The molecule has 2 heterocycles. The standard InChI is InChI=1S/C22H15Cl2N3S/c23-18-9-8-15(12-19(18)24)20-13-21(27(26-20)22-25-10-11-28-22)17-7-3-5-14-4-1-2-6-16(14)17/h1-12,21H,13H2. The van der Waals surface area contributed by atoms with Crippen LogP contribution in [0.15, 0.2) is 77.3 Å². The van der Waals surface area contributed by atoms with Gasteiger partial charge in [0.25, 0.3) is 0 Å². The minimum absolute atomic E-state index is 0.0710. The number of benzene rings is 3. The molecule has 3 aromatic carbocycles. The fraction of sp³-hybridized carbons (Fsp3) is 0.0909. The average Bonchev–Trinajstić information content (AvgIpc) is 3.39. The Hall–Kier alpha value is -2.40. The Morgan fingerprint density at radius 1 is 0.964 bits per heavy atom. The highest BCUT2D eigenvalue weighted by Gasteiger charge is 2.32. The van der Waals surface area contributed by atoms with Crippen LogP contribution < -0.4 is 5.01 Å². The summed E-state index contributed by atoms with van der Waals surface area (Å²) < 4.78 is 0. The van der Waals surface area contributed by atoms with Crippen LogP contribution in [0.4, 0.5) is 5.13 Å². The first-order valence-corrected chi connectivity index (χ1v) is 10.5. The first-order chi connectivity index (χ1) is 13.7. The summed E-state index contributed by atoms with van der Waals surface area (Å²) in [6, 6.07) is 20.6. The second kappa shape index (κ2) is 7.21. The van der Waals surface area contributed by atoms with Crippen molar-refractivity contribution in [3.05, 3.63) is 93.4 Å². The van der Waals surface area contributed by atoms with Crippen LogP contribution in [0.3, 0.4) is 0 Å². The van der Waals surface area contributed by atoms with Crippen molar-refractivity contribution in [2.75, 3.05) is 5.01 Å². The summed E-state index contributed by atoms with van der Waals surface area (Å²) in [6.07, 6.45) is 2.58. The quantitative estimate of drug-likeness (QED) is 0.356. The lowest BCUT2D eigenvalue weighted by Crippen LogP contribution is -2.18. The lowest BCUT2D eigenvalue weighted by molar-refractivity contribution is 0.711. The number of anilines is 1. The van der Waals surface area contributed by atoms with Crippen molar-refractivity contribution >= 4 is 56.2 Å². The van der Waals surface area contributed by atoms with Crippen LogP contribution in [0.25, 0.3) is 10.8 Å². The molecule has 1 unspecified atom stereocenters. The van der Waals surface area contributed by atoms with Gasteiger partial charge in [-0.15, -0.1) is 11.3 Å². The SMILES string of the molecule is Clc1ccc(C2=NN(c3nccs3)C(c3cccc4ccccc34)C2)cc1Cl. The summed E-state index contributed by atoms with van der Waals surface area (Å²) in [5.74, 6) is 0. The van der Waals surface area contributed by atoms with Crippen molar-refractivity contribution in [3.63, 3.8) is 0 Å². The van der Waals surface area contributed by atoms with Gasteiger partial charge >= 0.3 is 0 Å². The summed E-state index contributed by atoms with van der Waals surface area (Å²) in [7, 11) is 0. The number of hydrogen-bond donors (Lipinski definition) is 0. The third-order valence-electron chi connectivity index (χ3n) is 4.96. The van der Waals surface area contributed by atoms with Gasteiger partial charge in [0.2, 0.25) is 5.13 Å². The van der Waals surface area contributed by atoms with E-state index in [0.29, 0.717) is 10.0 Å². The Bertz CT molecular complexity index is 1180. The normalized spacial score (nSPS) is 16.6. The molecule has 5 rings (SSSR count). The first kappa shape index (κ1) is 17.7. The van der Waals surface area contributed by atoms with Crippen molar-refractivity contribution in [2.45, 2.75) is 12.5 Å². The van der Waals surface area contributed by atoms with Crippen LogP contribution in [0.1, 0.15) is 23.6 Å². The zero-order valence-electron chi connectivity index (χ0n) is 14.7. The van der Waals surface area contributed by atoms with E-state index < -0.39 is 0 Å². The Kier molecular flexibility index (Phi) is 4.55. The summed E-state index contributed by atoms with van der Waals surface area (Å²) in [5.41, 5.74) is 3.21. The molecule has 138 valence electrons. The van der Waals surface area contributed by atoms with Crippen LogP contribution in [0.5, 0.6) is 0 Å². The molecule has 3 nitrogen and oxygen atoms in total. The smallest absolute Gasteiger partial charge is 0.206 e. The maximum absolute atomic E-state index is 6.25. The first-order valence-electron chi connectivity index (χ1n) is 8.90. The zero-order valence-corrected chi connectivity index (χ0v) is 17.0. The molecule has 0 saturated carbocycles. The molecule has 4 aromatic rings. The summed E-state index contributed by atoms with van der Waals surface area (Å²) in [6.45, 7) is 0. The van der Waals surface area contributed by atoms with Crippen LogP contribution in [-0.2, 0) is 0 Å². The molecule has 0 bridgehead atoms. The predicted molar refractivity (Wildman–Crippen MR) is 119 cm³/mol. The minimum Gasteiger partial charge on any atom is -0.231 e. The summed E-state index contributed by atoms with van der Waals surface area (Å²) in [5, 5.41) is 13.4. The monoisotopic (exact) mass is 423 g/mol. The number of rotatable bonds is 3. The Balaban J connectivity index is 1.62. The second-order valence-electron chi connectivity index (χ2n) is 6.62. The molecule has 28 heavy (non-hydrogen) atoms. The molecule has 0 amide bonds. The van der Waals surface area contributed by atoms with Crippen molar-refractivity contribution in [1.29, 1.82) is 0 Å². The molecule has 0 radical (unpaired) electrons. The van der Waals surface area contributed by atoms with E-state index in [-0.39, 0.29) is 6.04 Å². The highest BCUT2D eigenvalue weighted by Crippen LogP contribution is 2.40. The largest absolute Gasteiger partial charge is 0.231 e. The molecule has 0 spiro atoms. The highest BCUT2D eigenvalue weighted by atomic mass is 35.5. The van der Waals surface area contributed by atoms with E-state index in [1.54, 1.807) is 11.3 Å². The van der Waals surface area contributed by atoms with E-state index in [4.69, 9.17) is 28.3 Å². The number of fused-ring (bicyclic) bond motifs is 1. The molecule has 0 fully saturated rings. The predicted octanol–water partition coefficient (Wildman–Crippen LogP) is 6.96. The lowest BCUT2D eigenvalue weighted by Gasteiger charge is -2.22. The molecule has 6 heteroatoms. The molecule has 0 saturated heterocycles. The van der Waals surface area contributed by atoms with Gasteiger partial charge in [0.1, 0.15) is 0 Å². The van der Waals surface area contributed by atoms with Crippen molar-refractivity contribution in [3.8, 4) is 0 Å². The van der Waals surface area contributed by atoms with E-state index in [0.717, 1.165) is 22.8 Å². The Morgan fingerprint density at radius 2 is 1.82 bits per heavy atom. The number of nitrogens with zero attached hydrogens (tertiary/aromatic N) is 3. The van der Waals surface area contributed by atoms with Gasteiger partial charge in [0.05, 0.1) is 21.8 Å². The molecular weight excluding hydrogens is 409 g/mol. The molecule has 0 aliphatic carbocycles. The van der Waals surface area contributed by atoms with Crippen molar-refractivity contribution in [2.24, 2.45) is 5.10 Å². The molecule has 0 N–H and O–H groups in total. The lowest BCUT2D eigenvalue weighted by atomic mass is 9.94. The highest BCUT2D eigenvalue weighted by molar-refractivity contribution is 7.13. The van der Waals surface area contributed by atoms with Gasteiger partial charge in [-0.1, -0.05) is 71.7 Å². The molecule has 1 atom stereocenters.